The number of carbonyl (C=O) groups is 1. The van der Waals surface area contributed by atoms with Gasteiger partial charge in [0.05, 0.1) is 25.6 Å². The first-order chi connectivity index (χ1) is 16.5. The number of carbonyl (C=O) groups excluding carboxylic acids is 1. The molecule has 1 aliphatic rings. The number of ether oxygens (including phenoxy) is 2. The van der Waals surface area contributed by atoms with E-state index in [0.29, 0.717) is 31.4 Å². The Morgan fingerprint density at radius 1 is 1.21 bits per heavy atom. The summed E-state index contributed by atoms with van der Waals surface area (Å²) < 4.78 is 17.4. The van der Waals surface area contributed by atoms with Gasteiger partial charge in [0, 0.05) is 16.6 Å². The minimum Gasteiger partial charge on any atom is -0.497 e. The second-order valence-corrected chi connectivity index (χ2v) is 9.40. The van der Waals surface area contributed by atoms with Crippen LogP contribution in [0, 0.1) is 5.92 Å². The first-order valence-corrected chi connectivity index (χ1v) is 12.2. The molecule has 0 radical (unpaired) electrons. The highest BCUT2D eigenvalue weighted by atomic mass is 79.9. The number of piperidine rings is 1. The molecule has 8 nitrogen and oxygen atoms in total. The standard InChI is InChI=1S/C25H29BrN4O4/c1-17(16-33-22-11-9-21(32-2)10-12-22)27-25(31)19-4-3-13-30(14-19)15-23-28-24(29-34-23)18-5-7-20(26)8-6-18/h5-12,17,19H,3-4,13-16H2,1-2H3,(H,27,31). The SMILES string of the molecule is COc1ccc(OCC(C)NC(=O)C2CCCN(Cc3nc(-c4ccc(Br)cc4)no3)C2)cc1. The van der Waals surface area contributed by atoms with Crippen LogP contribution in [0.3, 0.4) is 0 Å². The van der Waals surface area contributed by atoms with Crippen molar-refractivity contribution in [2.24, 2.45) is 5.92 Å². The maximum atomic E-state index is 12.9. The lowest BCUT2D eigenvalue weighted by molar-refractivity contribution is -0.127. The van der Waals surface area contributed by atoms with E-state index in [-0.39, 0.29) is 17.9 Å². The van der Waals surface area contributed by atoms with Crippen LogP contribution < -0.4 is 14.8 Å². The third-order valence-electron chi connectivity index (χ3n) is 5.75. The molecule has 2 aromatic carbocycles. The van der Waals surface area contributed by atoms with Gasteiger partial charge in [-0.3, -0.25) is 9.69 Å². The van der Waals surface area contributed by atoms with E-state index in [4.69, 9.17) is 14.0 Å². The molecule has 0 bridgehead atoms. The second-order valence-electron chi connectivity index (χ2n) is 8.49. The van der Waals surface area contributed by atoms with E-state index in [0.717, 1.165) is 40.9 Å². The van der Waals surface area contributed by atoms with Crippen LogP contribution in [0.15, 0.2) is 57.5 Å². The smallest absolute Gasteiger partial charge is 0.241 e. The number of halogens is 1. The van der Waals surface area contributed by atoms with E-state index in [1.807, 2.05) is 55.5 Å². The van der Waals surface area contributed by atoms with Crippen molar-refractivity contribution >= 4 is 21.8 Å². The fourth-order valence-corrected chi connectivity index (χ4v) is 4.20. The van der Waals surface area contributed by atoms with E-state index in [1.165, 1.54) is 0 Å². The van der Waals surface area contributed by atoms with Crippen LogP contribution in [0.2, 0.25) is 0 Å². The van der Waals surface area contributed by atoms with Crippen molar-refractivity contribution in [2.75, 3.05) is 26.8 Å². The number of amides is 1. The van der Waals surface area contributed by atoms with E-state index in [1.54, 1.807) is 7.11 Å². The fourth-order valence-electron chi connectivity index (χ4n) is 3.94. The van der Waals surface area contributed by atoms with Crippen LogP contribution in [0.4, 0.5) is 0 Å². The summed E-state index contributed by atoms with van der Waals surface area (Å²) in [5.74, 6) is 2.62. The predicted molar refractivity (Wildman–Crippen MR) is 132 cm³/mol. The summed E-state index contributed by atoms with van der Waals surface area (Å²) in [6, 6.07) is 15.1. The maximum absolute atomic E-state index is 12.9. The Balaban J connectivity index is 1.25. The third kappa shape index (κ3) is 6.57. The van der Waals surface area contributed by atoms with Crippen molar-refractivity contribution in [3.05, 3.63) is 58.9 Å². The monoisotopic (exact) mass is 528 g/mol. The molecule has 4 rings (SSSR count). The lowest BCUT2D eigenvalue weighted by Gasteiger charge is -2.31. The molecule has 34 heavy (non-hydrogen) atoms. The van der Waals surface area contributed by atoms with Crippen molar-refractivity contribution in [3.8, 4) is 22.9 Å². The largest absolute Gasteiger partial charge is 0.497 e. The molecular weight excluding hydrogens is 500 g/mol. The molecule has 9 heteroatoms. The van der Waals surface area contributed by atoms with Gasteiger partial charge < -0.3 is 19.3 Å². The number of hydrogen-bond donors (Lipinski definition) is 1. The van der Waals surface area contributed by atoms with E-state index < -0.39 is 0 Å². The van der Waals surface area contributed by atoms with E-state index in [2.05, 4.69) is 36.3 Å². The molecule has 180 valence electrons. The summed E-state index contributed by atoms with van der Waals surface area (Å²) >= 11 is 3.43. The number of aromatic nitrogens is 2. The molecule has 2 atom stereocenters. The van der Waals surface area contributed by atoms with Gasteiger partial charge >= 0.3 is 0 Å². The molecule has 1 N–H and O–H groups in total. The Morgan fingerprint density at radius 3 is 2.68 bits per heavy atom. The zero-order chi connectivity index (χ0) is 23.9. The number of hydrogen-bond acceptors (Lipinski definition) is 7. The molecule has 2 unspecified atom stereocenters. The maximum Gasteiger partial charge on any atom is 0.241 e. The number of rotatable bonds is 9. The molecule has 2 heterocycles. The molecule has 0 saturated carbocycles. The topological polar surface area (TPSA) is 89.7 Å². The van der Waals surface area contributed by atoms with Gasteiger partial charge in [0.1, 0.15) is 18.1 Å². The van der Waals surface area contributed by atoms with Crippen LogP contribution in [0.25, 0.3) is 11.4 Å². The summed E-state index contributed by atoms with van der Waals surface area (Å²) in [6.07, 6.45) is 1.81. The van der Waals surface area contributed by atoms with Crippen LogP contribution in [0.1, 0.15) is 25.7 Å². The van der Waals surface area contributed by atoms with Gasteiger partial charge in [-0.2, -0.15) is 4.98 Å². The van der Waals surface area contributed by atoms with Crippen LogP contribution in [0.5, 0.6) is 11.5 Å². The first kappa shape index (κ1) is 24.2. The van der Waals surface area contributed by atoms with Crippen molar-refractivity contribution in [3.63, 3.8) is 0 Å². The second kappa shape index (κ2) is 11.5. The Hall–Kier alpha value is -2.91. The summed E-state index contributed by atoms with van der Waals surface area (Å²) in [7, 11) is 1.63. The Kier molecular flexibility index (Phi) is 8.18. The minimum absolute atomic E-state index is 0.0524. The normalized spacial score (nSPS) is 17.2. The van der Waals surface area contributed by atoms with Gasteiger partial charge in [0.15, 0.2) is 0 Å². The van der Waals surface area contributed by atoms with Crippen LogP contribution >= 0.6 is 15.9 Å². The van der Waals surface area contributed by atoms with Crippen molar-refractivity contribution in [2.45, 2.75) is 32.4 Å². The lowest BCUT2D eigenvalue weighted by atomic mass is 9.97. The lowest BCUT2D eigenvalue weighted by Crippen LogP contribution is -2.46. The summed E-state index contributed by atoms with van der Waals surface area (Å²) in [6.45, 7) is 4.44. The fraction of sp³-hybridized carbons (Fsp3) is 0.400. The van der Waals surface area contributed by atoms with Gasteiger partial charge in [-0.05, 0) is 74.8 Å². The molecule has 1 aromatic heterocycles. The number of likely N-dealkylation sites (tertiary alicyclic amines) is 1. The zero-order valence-corrected chi connectivity index (χ0v) is 21.0. The Bertz CT molecular complexity index is 1070. The summed E-state index contributed by atoms with van der Waals surface area (Å²) in [4.78, 5) is 19.6. The first-order valence-electron chi connectivity index (χ1n) is 11.4. The number of nitrogens with zero attached hydrogens (tertiary/aromatic N) is 3. The van der Waals surface area contributed by atoms with Gasteiger partial charge in [0.25, 0.3) is 0 Å². The molecular formula is C25H29BrN4O4. The highest BCUT2D eigenvalue weighted by Gasteiger charge is 2.27. The predicted octanol–water partition coefficient (Wildman–Crippen LogP) is 4.30. The quantitative estimate of drug-likeness (QED) is 0.442. The molecule has 1 aliphatic heterocycles. The molecule has 0 spiro atoms. The van der Waals surface area contributed by atoms with Gasteiger partial charge in [0.2, 0.25) is 17.6 Å². The number of methoxy groups -OCH3 is 1. The third-order valence-corrected chi connectivity index (χ3v) is 6.28. The Labute approximate surface area is 207 Å². The van der Waals surface area contributed by atoms with Crippen molar-refractivity contribution in [1.82, 2.24) is 20.4 Å². The Morgan fingerprint density at radius 2 is 1.94 bits per heavy atom. The van der Waals surface area contributed by atoms with Crippen LogP contribution in [-0.2, 0) is 11.3 Å². The zero-order valence-electron chi connectivity index (χ0n) is 19.4. The van der Waals surface area contributed by atoms with Crippen LogP contribution in [-0.4, -0.2) is 53.8 Å². The molecule has 0 aliphatic carbocycles. The number of nitrogens with one attached hydrogen (secondary N) is 1. The summed E-state index contributed by atoms with van der Waals surface area (Å²) in [5, 5.41) is 7.19. The van der Waals surface area contributed by atoms with E-state index in [9.17, 15) is 4.79 Å². The highest BCUT2D eigenvalue weighted by molar-refractivity contribution is 9.10. The number of benzene rings is 2. The average Bonchev–Trinajstić information content (AvgIpc) is 3.32. The molecule has 1 saturated heterocycles. The molecule has 3 aromatic rings. The van der Waals surface area contributed by atoms with E-state index >= 15 is 0 Å². The van der Waals surface area contributed by atoms with Gasteiger partial charge in [-0.25, -0.2) is 0 Å². The molecule has 1 fully saturated rings. The minimum atomic E-state index is -0.102. The summed E-state index contributed by atoms with van der Waals surface area (Å²) in [5.41, 5.74) is 0.903. The molecule has 1 amide bonds. The average molecular weight is 529 g/mol. The van der Waals surface area contributed by atoms with Crippen molar-refractivity contribution in [1.29, 1.82) is 0 Å². The van der Waals surface area contributed by atoms with Gasteiger partial charge in [-0.1, -0.05) is 21.1 Å². The van der Waals surface area contributed by atoms with Crippen molar-refractivity contribution < 1.29 is 18.8 Å². The van der Waals surface area contributed by atoms with Gasteiger partial charge in [-0.15, -0.1) is 0 Å². The highest BCUT2D eigenvalue weighted by Crippen LogP contribution is 2.22.